The third kappa shape index (κ3) is 6.01. The van der Waals surface area contributed by atoms with Crippen molar-refractivity contribution in [3.05, 3.63) is 90.0 Å². The lowest BCUT2D eigenvalue weighted by molar-refractivity contribution is -0.133. The lowest BCUT2D eigenvalue weighted by Crippen LogP contribution is -2.55. The van der Waals surface area contributed by atoms with E-state index in [1.165, 1.54) is 7.11 Å². The Morgan fingerprint density at radius 2 is 1.57 bits per heavy atom. The zero-order valence-corrected chi connectivity index (χ0v) is 20.9. The summed E-state index contributed by atoms with van der Waals surface area (Å²) in [6.07, 6.45) is 0.256. The fourth-order valence-electron chi connectivity index (χ4n) is 4.32. The van der Waals surface area contributed by atoms with E-state index in [2.05, 4.69) is 21.8 Å². The highest BCUT2D eigenvalue weighted by molar-refractivity contribution is 7.89. The second-order valence-electron chi connectivity index (χ2n) is 8.67. The number of rotatable bonds is 8. The largest absolute Gasteiger partial charge is 0.495 e. The summed E-state index contributed by atoms with van der Waals surface area (Å²) in [4.78, 5) is 17.6. The van der Waals surface area contributed by atoms with Crippen molar-refractivity contribution in [2.75, 3.05) is 38.2 Å². The van der Waals surface area contributed by atoms with Crippen molar-refractivity contribution in [1.82, 2.24) is 9.62 Å². The van der Waals surface area contributed by atoms with E-state index in [4.69, 9.17) is 4.74 Å². The van der Waals surface area contributed by atoms with Gasteiger partial charge in [-0.25, -0.2) is 8.42 Å². The van der Waals surface area contributed by atoms with E-state index in [1.54, 1.807) is 23.1 Å². The van der Waals surface area contributed by atoms with Crippen LogP contribution in [0.25, 0.3) is 0 Å². The first kappa shape index (κ1) is 24.8. The summed E-state index contributed by atoms with van der Waals surface area (Å²) in [6.45, 7) is 4.23. The highest BCUT2D eigenvalue weighted by atomic mass is 32.2. The minimum atomic E-state index is -4.02. The van der Waals surface area contributed by atoms with Gasteiger partial charge in [-0.2, -0.15) is 4.72 Å². The van der Waals surface area contributed by atoms with E-state index >= 15 is 0 Å². The minimum absolute atomic E-state index is 0.0276. The summed E-state index contributed by atoms with van der Waals surface area (Å²) < 4.78 is 34.8. The summed E-state index contributed by atoms with van der Waals surface area (Å²) in [5.41, 5.74) is 2.79. The van der Waals surface area contributed by atoms with Gasteiger partial charge in [0.25, 0.3) is 0 Å². The average Bonchev–Trinajstić information content (AvgIpc) is 2.89. The number of sulfonamides is 1. The van der Waals surface area contributed by atoms with Crippen molar-refractivity contribution in [2.24, 2.45) is 0 Å². The van der Waals surface area contributed by atoms with Crippen LogP contribution in [0.15, 0.2) is 83.8 Å². The Kier molecular flexibility index (Phi) is 7.73. The van der Waals surface area contributed by atoms with Gasteiger partial charge >= 0.3 is 0 Å². The SMILES string of the molecule is COc1ccc(C)cc1S(=O)(=O)N[C@H](Cc1ccccc1)C(=O)N1CCN(c2ccccc2)CC1. The Hall–Kier alpha value is -3.36. The fraction of sp³-hybridized carbons (Fsp3) is 0.296. The molecular formula is C27H31N3O4S. The molecule has 0 unspecified atom stereocenters. The molecule has 4 rings (SSSR count). The van der Waals surface area contributed by atoms with E-state index in [0.717, 1.165) is 16.8 Å². The van der Waals surface area contributed by atoms with E-state index < -0.39 is 16.1 Å². The van der Waals surface area contributed by atoms with E-state index in [-0.39, 0.29) is 23.0 Å². The van der Waals surface area contributed by atoms with Gasteiger partial charge in [0.05, 0.1) is 7.11 Å². The van der Waals surface area contributed by atoms with Crippen LogP contribution < -0.4 is 14.4 Å². The molecule has 3 aromatic rings. The Morgan fingerprint density at radius 3 is 2.20 bits per heavy atom. The molecule has 1 aliphatic rings. The van der Waals surface area contributed by atoms with E-state index in [1.807, 2.05) is 55.5 Å². The highest BCUT2D eigenvalue weighted by Crippen LogP contribution is 2.25. The molecule has 1 heterocycles. The topological polar surface area (TPSA) is 78.9 Å². The van der Waals surface area contributed by atoms with E-state index in [0.29, 0.717) is 26.2 Å². The zero-order chi connectivity index (χ0) is 24.8. The predicted molar refractivity (Wildman–Crippen MR) is 137 cm³/mol. The maximum absolute atomic E-state index is 13.6. The van der Waals surface area contributed by atoms with Gasteiger partial charge in [0.2, 0.25) is 15.9 Å². The number of hydrogen-bond acceptors (Lipinski definition) is 5. The maximum atomic E-state index is 13.6. The zero-order valence-electron chi connectivity index (χ0n) is 20.1. The Bertz CT molecular complexity index is 1240. The first-order valence-electron chi connectivity index (χ1n) is 11.7. The Balaban J connectivity index is 1.55. The summed E-state index contributed by atoms with van der Waals surface area (Å²) in [6, 6.07) is 23.6. The highest BCUT2D eigenvalue weighted by Gasteiger charge is 2.32. The molecule has 0 saturated carbocycles. The number of amides is 1. The number of nitrogens with zero attached hydrogens (tertiary/aromatic N) is 2. The first-order chi connectivity index (χ1) is 16.9. The van der Waals surface area contributed by atoms with Gasteiger partial charge in [-0.15, -0.1) is 0 Å². The average molecular weight is 494 g/mol. The third-order valence-corrected chi connectivity index (χ3v) is 7.69. The number of benzene rings is 3. The number of ether oxygens (including phenoxy) is 1. The molecule has 0 spiro atoms. The normalized spacial score (nSPS) is 15.0. The van der Waals surface area contributed by atoms with Crippen LogP contribution in [0.2, 0.25) is 0 Å². The summed E-state index contributed by atoms with van der Waals surface area (Å²) in [5, 5.41) is 0. The first-order valence-corrected chi connectivity index (χ1v) is 13.2. The number of anilines is 1. The van der Waals surface area contributed by atoms with Crippen molar-refractivity contribution in [1.29, 1.82) is 0 Å². The number of carbonyl (C=O) groups excluding carboxylic acids is 1. The molecule has 184 valence electrons. The van der Waals surface area contributed by atoms with Gasteiger partial charge in [0.15, 0.2) is 0 Å². The van der Waals surface area contributed by atoms with Crippen molar-refractivity contribution >= 4 is 21.6 Å². The van der Waals surface area contributed by atoms with Gasteiger partial charge in [0.1, 0.15) is 16.7 Å². The molecule has 1 fully saturated rings. The van der Waals surface area contributed by atoms with E-state index in [9.17, 15) is 13.2 Å². The summed E-state index contributed by atoms with van der Waals surface area (Å²) >= 11 is 0. The number of carbonyl (C=O) groups is 1. The second kappa shape index (κ2) is 10.9. The molecule has 0 bridgehead atoms. The van der Waals surface area contributed by atoms with Crippen LogP contribution in [0, 0.1) is 6.92 Å². The van der Waals surface area contributed by atoms with Crippen LogP contribution in [0.1, 0.15) is 11.1 Å². The van der Waals surface area contributed by atoms with Crippen LogP contribution in [-0.2, 0) is 21.2 Å². The van der Waals surface area contributed by atoms with Crippen LogP contribution in [0.3, 0.4) is 0 Å². The second-order valence-corrected chi connectivity index (χ2v) is 10.3. The molecular weight excluding hydrogens is 462 g/mol. The van der Waals surface area contributed by atoms with Crippen molar-refractivity contribution in [3.63, 3.8) is 0 Å². The molecule has 7 nitrogen and oxygen atoms in total. The summed E-state index contributed by atoms with van der Waals surface area (Å²) in [5.74, 6) is 0.0160. The van der Waals surface area contributed by atoms with Gasteiger partial charge in [-0.05, 0) is 48.7 Å². The molecule has 0 aliphatic carbocycles. The molecule has 1 N–H and O–H groups in total. The van der Waals surface area contributed by atoms with Crippen molar-refractivity contribution in [3.8, 4) is 5.75 Å². The van der Waals surface area contributed by atoms with Crippen molar-refractivity contribution < 1.29 is 17.9 Å². The Morgan fingerprint density at radius 1 is 0.943 bits per heavy atom. The number of hydrogen-bond donors (Lipinski definition) is 1. The fourth-order valence-corrected chi connectivity index (χ4v) is 5.76. The lowest BCUT2D eigenvalue weighted by Gasteiger charge is -2.37. The third-order valence-electron chi connectivity index (χ3n) is 6.20. The van der Waals surface area contributed by atoms with Crippen molar-refractivity contribution in [2.45, 2.75) is 24.3 Å². The minimum Gasteiger partial charge on any atom is -0.495 e. The molecule has 35 heavy (non-hydrogen) atoms. The number of aryl methyl sites for hydroxylation is 1. The van der Waals surface area contributed by atoms with Gasteiger partial charge < -0.3 is 14.5 Å². The molecule has 1 amide bonds. The standard InChI is InChI=1S/C27H31N3O4S/c1-21-13-14-25(34-2)26(19-21)35(32,33)28-24(20-22-9-5-3-6-10-22)27(31)30-17-15-29(16-18-30)23-11-7-4-8-12-23/h3-14,19,24,28H,15-18,20H2,1-2H3/t24-/m1/s1. The molecule has 0 aromatic heterocycles. The number of piperazine rings is 1. The molecule has 1 atom stereocenters. The van der Waals surface area contributed by atoms with Crippen LogP contribution >= 0.6 is 0 Å². The molecule has 0 radical (unpaired) electrons. The molecule has 1 aliphatic heterocycles. The van der Waals surface area contributed by atoms with Crippen LogP contribution in [0.5, 0.6) is 5.75 Å². The lowest BCUT2D eigenvalue weighted by atomic mass is 10.1. The monoisotopic (exact) mass is 493 g/mol. The van der Waals surface area contributed by atoms with Crippen LogP contribution in [-0.4, -0.2) is 58.6 Å². The number of nitrogens with one attached hydrogen (secondary N) is 1. The smallest absolute Gasteiger partial charge is 0.244 e. The van der Waals surface area contributed by atoms with Gasteiger partial charge in [-0.3, -0.25) is 4.79 Å². The molecule has 3 aromatic carbocycles. The van der Waals surface area contributed by atoms with Gasteiger partial charge in [-0.1, -0.05) is 54.6 Å². The molecule has 8 heteroatoms. The predicted octanol–water partition coefficient (Wildman–Crippen LogP) is 3.24. The molecule has 1 saturated heterocycles. The maximum Gasteiger partial charge on any atom is 0.244 e. The van der Waals surface area contributed by atoms with Crippen LogP contribution in [0.4, 0.5) is 5.69 Å². The number of para-hydroxylation sites is 1. The summed E-state index contributed by atoms with van der Waals surface area (Å²) in [7, 11) is -2.58. The Labute approximate surface area is 207 Å². The van der Waals surface area contributed by atoms with Gasteiger partial charge in [0, 0.05) is 31.9 Å². The number of methoxy groups -OCH3 is 1. The quantitative estimate of drug-likeness (QED) is 0.521.